The number of piperidine rings is 1. The Morgan fingerprint density at radius 1 is 1.30 bits per heavy atom. The lowest BCUT2D eigenvalue weighted by Crippen LogP contribution is -2.47. The van der Waals surface area contributed by atoms with Crippen LogP contribution in [0.1, 0.15) is 38.7 Å². The van der Waals surface area contributed by atoms with Crippen molar-refractivity contribution in [3.8, 4) is 0 Å². The predicted molar refractivity (Wildman–Crippen MR) is 77.6 cm³/mol. The predicted octanol–water partition coefficient (Wildman–Crippen LogP) is 2.77. The number of benzene rings is 1. The smallest absolute Gasteiger partial charge is 0.410 e. The van der Waals surface area contributed by atoms with Gasteiger partial charge in [0.1, 0.15) is 5.60 Å². The lowest BCUT2D eigenvalue weighted by Gasteiger charge is -2.36. The number of ether oxygens (including phenoxy) is 1. The van der Waals surface area contributed by atoms with Crippen LogP contribution in [0.15, 0.2) is 30.3 Å². The Hall–Kier alpha value is -1.55. The zero-order chi connectivity index (χ0) is 14.8. The zero-order valence-electron chi connectivity index (χ0n) is 12.4. The van der Waals surface area contributed by atoms with Gasteiger partial charge in [0.2, 0.25) is 0 Å². The standard InChI is InChI=1S/C16H23NO3/c1-16(2,3)20-15(19)17-10-9-13(14(18)11-17)12-7-5-4-6-8-12/h4-8,13-14,18H,9-11H2,1-3H3/t13-,14+/m1/s1. The number of carbonyl (C=O) groups excluding carboxylic acids is 1. The number of hydrogen-bond donors (Lipinski definition) is 1. The summed E-state index contributed by atoms with van der Waals surface area (Å²) < 4.78 is 5.34. The van der Waals surface area contributed by atoms with E-state index in [0.717, 1.165) is 12.0 Å². The van der Waals surface area contributed by atoms with Gasteiger partial charge in [-0.3, -0.25) is 0 Å². The molecular weight excluding hydrogens is 254 g/mol. The van der Waals surface area contributed by atoms with Crippen molar-refractivity contribution in [2.45, 2.75) is 44.8 Å². The molecule has 0 bridgehead atoms. The third-order valence-corrected chi connectivity index (χ3v) is 3.46. The molecule has 0 saturated carbocycles. The molecule has 1 aromatic carbocycles. The van der Waals surface area contributed by atoms with Gasteiger partial charge in [0.15, 0.2) is 0 Å². The summed E-state index contributed by atoms with van der Waals surface area (Å²) in [6.45, 7) is 6.48. The third kappa shape index (κ3) is 3.73. The van der Waals surface area contributed by atoms with Gasteiger partial charge in [-0.15, -0.1) is 0 Å². The SMILES string of the molecule is CC(C)(C)OC(=O)N1CC[C@H](c2ccccc2)[C@@H](O)C1. The summed E-state index contributed by atoms with van der Waals surface area (Å²) in [5.41, 5.74) is 0.627. The minimum Gasteiger partial charge on any atom is -0.444 e. The fraction of sp³-hybridized carbons (Fsp3) is 0.562. The largest absolute Gasteiger partial charge is 0.444 e. The van der Waals surface area contributed by atoms with Crippen LogP contribution < -0.4 is 0 Å². The van der Waals surface area contributed by atoms with E-state index in [0.29, 0.717) is 13.1 Å². The van der Waals surface area contributed by atoms with E-state index < -0.39 is 11.7 Å². The molecule has 20 heavy (non-hydrogen) atoms. The number of aliphatic hydroxyl groups excluding tert-OH is 1. The van der Waals surface area contributed by atoms with Crippen LogP contribution in [-0.4, -0.2) is 40.9 Å². The van der Waals surface area contributed by atoms with Crippen LogP contribution >= 0.6 is 0 Å². The average molecular weight is 277 g/mol. The summed E-state index contributed by atoms with van der Waals surface area (Å²) in [7, 11) is 0. The summed E-state index contributed by atoms with van der Waals surface area (Å²) in [4.78, 5) is 13.6. The highest BCUT2D eigenvalue weighted by Gasteiger charge is 2.33. The normalized spacial score (nSPS) is 23.5. The van der Waals surface area contributed by atoms with Crippen molar-refractivity contribution in [3.05, 3.63) is 35.9 Å². The molecule has 1 amide bonds. The van der Waals surface area contributed by atoms with Crippen molar-refractivity contribution in [1.82, 2.24) is 4.90 Å². The van der Waals surface area contributed by atoms with Crippen LogP contribution in [0, 0.1) is 0 Å². The Balaban J connectivity index is 1.97. The highest BCUT2D eigenvalue weighted by Crippen LogP contribution is 2.28. The number of rotatable bonds is 1. The van der Waals surface area contributed by atoms with Crippen molar-refractivity contribution in [2.75, 3.05) is 13.1 Å². The van der Waals surface area contributed by atoms with Crippen molar-refractivity contribution < 1.29 is 14.6 Å². The van der Waals surface area contributed by atoms with Crippen LogP contribution in [0.2, 0.25) is 0 Å². The molecule has 0 spiro atoms. The summed E-state index contributed by atoms with van der Waals surface area (Å²) in [5.74, 6) is 0.0925. The first-order valence-corrected chi connectivity index (χ1v) is 7.08. The van der Waals surface area contributed by atoms with Crippen molar-refractivity contribution in [1.29, 1.82) is 0 Å². The number of hydrogen-bond acceptors (Lipinski definition) is 3. The molecule has 1 aliphatic rings. The average Bonchev–Trinajstić information content (AvgIpc) is 2.37. The summed E-state index contributed by atoms with van der Waals surface area (Å²) in [5, 5.41) is 10.3. The van der Waals surface area contributed by atoms with Crippen molar-refractivity contribution >= 4 is 6.09 Å². The summed E-state index contributed by atoms with van der Waals surface area (Å²) in [6.07, 6.45) is -0.133. The second kappa shape index (κ2) is 5.83. The molecule has 4 nitrogen and oxygen atoms in total. The maximum Gasteiger partial charge on any atom is 0.410 e. The molecule has 1 aliphatic heterocycles. The number of carbonyl (C=O) groups is 1. The molecule has 2 rings (SSSR count). The van der Waals surface area contributed by atoms with Crippen LogP contribution in [0.3, 0.4) is 0 Å². The first-order valence-electron chi connectivity index (χ1n) is 7.08. The highest BCUT2D eigenvalue weighted by atomic mass is 16.6. The lowest BCUT2D eigenvalue weighted by atomic mass is 9.87. The molecule has 0 aliphatic carbocycles. The number of aliphatic hydroxyl groups is 1. The number of amides is 1. The fourth-order valence-electron chi connectivity index (χ4n) is 2.51. The first-order chi connectivity index (χ1) is 9.37. The van der Waals surface area contributed by atoms with Crippen LogP contribution in [-0.2, 0) is 4.74 Å². The minimum atomic E-state index is -0.543. The van der Waals surface area contributed by atoms with Gasteiger partial charge >= 0.3 is 6.09 Å². The number of likely N-dealkylation sites (tertiary alicyclic amines) is 1. The molecule has 0 unspecified atom stereocenters. The van der Waals surface area contributed by atoms with Gasteiger partial charge in [-0.1, -0.05) is 30.3 Å². The second-order valence-corrected chi connectivity index (χ2v) is 6.30. The zero-order valence-corrected chi connectivity index (χ0v) is 12.4. The van der Waals surface area contributed by atoms with Gasteiger partial charge < -0.3 is 14.7 Å². The monoisotopic (exact) mass is 277 g/mol. The van der Waals surface area contributed by atoms with E-state index in [1.54, 1.807) is 4.90 Å². The van der Waals surface area contributed by atoms with Crippen LogP contribution in [0.4, 0.5) is 4.79 Å². The molecule has 2 atom stereocenters. The van der Waals surface area contributed by atoms with Crippen LogP contribution in [0.25, 0.3) is 0 Å². The molecule has 4 heteroatoms. The maximum absolute atomic E-state index is 12.0. The highest BCUT2D eigenvalue weighted by molar-refractivity contribution is 5.68. The Morgan fingerprint density at radius 3 is 2.50 bits per heavy atom. The molecule has 1 heterocycles. The van der Waals surface area contributed by atoms with E-state index in [1.807, 2.05) is 51.1 Å². The van der Waals surface area contributed by atoms with Gasteiger partial charge in [0.05, 0.1) is 12.6 Å². The van der Waals surface area contributed by atoms with Gasteiger partial charge in [-0.05, 0) is 32.8 Å². The van der Waals surface area contributed by atoms with Gasteiger partial charge in [-0.25, -0.2) is 4.79 Å². The maximum atomic E-state index is 12.0. The van der Waals surface area contributed by atoms with Crippen molar-refractivity contribution in [3.63, 3.8) is 0 Å². The molecule has 1 fully saturated rings. The molecule has 1 saturated heterocycles. The molecule has 110 valence electrons. The first kappa shape index (κ1) is 14.9. The molecular formula is C16H23NO3. The molecule has 1 N–H and O–H groups in total. The summed E-state index contributed by atoms with van der Waals surface area (Å²) >= 11 is 0. The quantitative estimate of drug-likeness (QED) is 0.858. The third-order valence-electron chi connectivity index (χ3n) is 3.46. The summed E-state index contributed by atoms with van der Waals surface area (Å²) in [6, 6.07) is 9.96. The Labute approximate surface area is 120 Å². The van der Waals surface area contributed by atoms with Gasteiger partial charge in [-0.2, -0.15) is 0 Å². The minimum absolute atomic E-state index is 0.0925. The molecule has 1 aromatic rings. The lowest BCUT2D eigenvalue weighted by molar-refractivity contribution is -0.00151. The van der Waals surface area contributed by atoms with E-state index in [4.69, 9.17) is 4.74 Å². The fourth-order valence-corrected chi connectivity index (χ4v) is 2.51. The second-order valence-electron chi connectivity index (χ2n) is 6.30. The van der Waals surface area contributed by atoms with Crippen LogP contribution in [0.5, 0.6) is 0 Å². The van der Waals surface area contributed by atoms with E-state index in [-0.39, 0.29) is 12.0 Å². The topological polar surface area (TPSA) is 49.8 Å². The van der Waals surface area contributed by atoms with E-state index in [1.165, 1.54) is 0 Å². The van der Waals surface area contributed by atoms with Gasteiger partial charge in [0.25, 0.3) is 0 Å². The molecule has 0 radical (unpaired) electrons. The van der Waals surface area contributed by atoms with Gasteiger partial charge in [0, 0.05) is 12.5 Å². The Kier molecular flexibility index (Phi) is 4.33. The number of nitrogens with zero attached hydrogens (tertiary/aromatic N) is 1. The number of β-amino-alcohol motifs (C(OH)–C–C–N with tert-alkyl or cyclic N) is 1. The molecule has 0 aromatic heterocycles. The van der Waals surface area contributed by atoms with E-state index in [9.17, 15) is 9.90 Å². The van der Waals surface area contributed by atoms with E-state index >= 15 is 0 Å². The van der Waals surface area contributed by atoms with Crippen molar-refractivity contribution in [2.24, 2.45) is 0 Å². The Morgan fingerprint density at radius 2 is 1.95 bits per heavy atom. The Bertz CT molecular complexity index is 453. The van der Waals surface area contributed by atoms with E-state index in [2.05, 4.69) is 0 Å².